The van der Waals surface area contributed by atoms with Gasteiger partial charge in [-0.05, 0) is 31.2 Å². The molecule has 0 heterocycles. The second kappa shape index (κ2) is 14.3. The fourth-order valence-electron chi connectivity index (χ4n) is 2.69. The van der Waals surface area contributed by atoms with E-state index in [4.69, 9.17) is 14.2 Å². The molecule has 8 nitrogen and oxygen atoms in total. The lowest BCUT2D eigenvalue weighted by molar-refractivity contribution is -0.114. The molecule has 0 saturated carbocycles. The molecule has 9 heteroatoms. The molecule has 0 saturated heterocycles. The number of ether oxygens (including phenoxy) is 3. The Morgan fingerprint density at radius 1 is 1.03 bits per heavy atom. The zero-order chi connectivity index (χ0) is 21.8. The van der Waals surface area contributed by atoms with Gasteiger partial charge in [0.15, 0.2) is 5.96 Å². The Balaban J connectivity index is 0.00000480. The van der Waals surface area contributed by atoms with Gasteiger partial charge in [0.2, 0.25) is 5.91 Å². The molecule has 0 unspecified atom stereocenters. The van der Waals surface area contributed by atoms with Gasteiger partial charge in [-0.15, -0.1) is 24.0 Å². The molecule has 3 N–H and O–H groups in total. The number of methoxy groups -OCH3 is 2. The Morgan fingerprint density at radius 2 is 1.84 bits per heavy atom. The molecule has 0 radical (unpaired) electrons. The van der Waals surface area contributed by atoms with Crippen LogP contribution in [0.3, 0.4) is 0 Å². The number of hydrogen-bond acceptors (Lipinski definition) is 5. The summed E-state index contributed by atoms with van der Waals surface area (Å²) in [5.74, 6) is 2.73. The summed E-state index contributed by atoms with van der Waals surface area (Å²) in [7, 11) is 3.25. The van der Waals surface area contributed by atoms with E-state index in [2.05, 4.69) is 20.9 Å². The molecular formula is C22H31IN4O4. The van der Waals surface area contributed by atoms with E-state index >= 15 is 0 Å². The summed E-state index contributed by atoms with van der Waals surface area (Å²) in [5.41, 5.74) is 1.66. The zero-order valence-corrected chi connectivity index (χ0v) is 20.7. The van der Waals surface area contributed by atoms with Crippen LogP contribution >= 0.6 is 24.0 Å². The number of amides is 1. The van der Waals surface area contributed by atoms with E-state index in [0.29, 0.717) is 37.1 Å². The number of rotatable bonds is 10. The largest absolute Gasteiger partial charge is 0.497 e. The van der Waals surface area contributed by atoms with Crippen molar-refractivity contribution in [2.24, 2.45) is 4.99 Å². The fraction of sp³-hybridized carbons (Fsp3) is 0.364. The average Bonchev–Trinajstić information content (AvgIpc) is 2.74. The van der Waals surface area contributed by atoms with Gasteiger partial charge >= 0.3 is 0 Å². The number of aliphatic imine (C=N–C) groups is 1. The zero-order valence-electron chi connectivity index (χ0n) is 18.4. The molecule has 170 valence electrons. The van der Waals surface area contributed by atoms with Gasteiger partial charge in [0, 0.05) is 36.9 Å². The van der Waals surface area contributed by atoms with Gasteiger partial charge in [0.1, 0.15) is 23.9 Å². The van der Waals surface area contributed by atoms with Crippen LogP contribution in [0.5, 0.6) is 17.2 Å². The van der Waals surface area contributed by atoms with E-state index in [1.807, 2.05) is 43.3 Å². The average molecular weight is 542 g/mol. The Labute approximate surface area is 200 Å². The fourth-order valence-corrected chi connectivity index (χ4v) is 2.69. The maximum atomic E-state index is 11.2. The quantitative estimate of drug-likeness (QED) is 0.185. The number of guanidine groups is 1. The van der Waals surface area contributed by atoms with E-state index < -0.39 is 0 Å². The summed E-state index contributed by atoms with van der Waals surface area (Å²) >= 11 is 0. The molecule has 0 aliphatic carbocycles. The van der Waals surface area contributed by atoms with Gasteiger partial charge in [0.25, 0.3) is 0 Å². The third-order valence-electron chi connectivity index (χ3n) is 4.06. The number of halogens is 1. The first-order valence-corrected chi connectivity index (χ1v) is 9.79. The van der Waals surface area contributed by atoms with Crippen molar-refractivity contribution < 1.29 is 19.0 Å². The van der Waals surface area contributed by atoms with Crippen molar-refractivity contribution in [3.05, 3.63) is 48.0 Å². The summed E-state index contributed by atoms with van der Waals surface area (Å²) in [6.07, 6.45) is 0. The van der Waals surface area contributed by atoms with Crippen molar-refractivity contribution in [3.63, 3.8) is 0 Å². The highest BCUT2D eigenvalue weighted by Gasteiger charge is 2.06. The Bertz CT molecular complexity index is 861. The Kier molecular flexibility index (Phi) is 12.2. The summed E-state index contributed by atoms with van der Waals surface area (Å²) in [4.78, 5) is 15.8. The first-order valence-electron chi connectivity index (χ1n) is 9.79. The van der Waals surface area contributed by atoms with Gasteiger partial charge in [-0.2, -0.15) is 0 Å². The third-order valence-corrected chi connectivity index (χ3v) is 4.06. The Morgan fingerprint density at radius 3 is 2.52 bits per heavy atom. The highest BCUT2D eigenvalue weighted by molar-refractivity contribution is 14.0. The van der Waals surface area contributed by atoms with Crippen LogP contribution in [0.25, 0.3) is 0 Å². The molecular weight excluding hydrogens is 511 g/mol. The van der Waals surface area contributed by atoms with Crippen LogP contribution in [0.2, 0.25) is 0 Å². The van der Waals surface area contributed by atoms with E-state index in [0.717, 1.165) is 23.6 Å². The van der Waals surface area contributed by atoms with Crippen molar-refractivity contribution in [1.29, 1.82) is 0 Å². The summed E-state index contributed by atoms with van der Waals surface area (Å²) in [6, 6.07) is 13.0. The molecule has 2 aromatic carbocycles. The lowest BCUT2D eigenvalue weighted by atomic mass is 10.2. The van der Waals surface area contributed by atoms with Crippen LogP contribution in [-0.2, 0) is 11.3 Å². The number of anilines is 1. The molecule has 1 amide bonds. The van der Waals surface area contributed by atoms with Crippen LogP contribution in [-0.4, -0.2) is 45.8 Å². The molecule has 0 aromatic heterocycles. The molecule has 0 spiro atoms. The second-order valence-corrected chi connectivity index (χ2v) is 6.36. The van der Waals surface area contributed by atoms with E-state index in [-0.39, 0.29) is 29.9 Å². The van der Waals surface area contributed by atoms with Gasteiger partial charge in [0.05, 0.1) is 27.3 Å². The maximum absolute atomic E-state index is 11.2. The standard InChI is InChI=1S/C22H30N4O4.HI/c1-5-23-22(25-15-17-9-10-19(28-3)14-21(17)29-4)24-11-12-30-20-8-6-7-18(13-20)26-16(2)27;/h6-10,13-14H,5,11-12,15H2,1-4H3,(H,26,27)(H2,23,24,25);1H. The van der Waals surface area contributed by atoms with Gasteiger partial charge < -0.3 is 30.2 Å². The van der Waals surface area contributed by atoms with E-state index in [1.165, 1.54) is 6.92 Å². The highest BCUT2D eigenvalue weighted by Crippen LogP contribution is 2.25. The summed E-state index contributed by atoms with van der Waals surface area (Å²) in [6.45, 7) is 5.69. The normalized spacial score (nSPS) is 10.5. The smallest absolute Gasteiger partial charge is 0.221 e. The van der Waals surface area contributed by atoms with Gasteiger partial charge in [-0.3, -0.25) is 4.79 Å². The summed E-state index contributed by atoms with van der Waals surface area (Å²) < 4.78 is 16.4. The molecule has 2 rings (SSSR count). The minimum Gasteiger partial charge on any atom is -0.497 e. The van der Waals surface area contributed by atoms with Crippen LogP contribution in [0, 0.1) is 0 Å². The van der Waals surface area contributed by atoms with Crippen molar-refractivity contribution in [2.45, 2.75) is 20.4 Å². The van der Waals surface area contributed by atoms with Crippen molar-refractivity contribution >= 4 is 41.5 Å². The number of nitrogens with zero attached hydrogens (tertiary/aromatic N) is 1. The first kappa shape index (κ1) is 26.3. The monoisotopic (exact) mass is 542 g/mol. The summed E-state index contributed by atoms with van der Waals surface area (Å²) in [5, 5.41) is 9.20. The lowest BCUT2D eigenvalue weighted by Crippen LogP contribution is -2.39. The van der Waals surface area contributed by atoms with Crippen LogP contribution in [0.4, 0.5) is 5.69 Å². The highest BCUT2D eigenvalue weighted by atomic mass is 127. The predicted molar refractivity (Wildman–Crippen MR) is 134 cm³/mol. The number of carbonyl (C=O) groups excluding carboxylic acids is 1. The number of hydrogen-bond donors (Lipinski definition) is 3. The van der Waals surface area contributed by atoms with E-state index in [9.17, 15) is 4.79 Å². The predicted octanol–water partition coefficient (Wildman–Crippen LogP) is 3.41. The van der Waals surface area contributed by atoms with Crippen molar-refractivity contribution in [1.82, 2.24) is 10.6 Å². The molecule has 0 atom stereocenters. The van der Waals surface area contributed by atoms with Crippen LogP contribution in [0.1, 0.15) is 19.4 Å². The SMILES string of the molecule is CCNC(=NCc1ccc(OC)cc1OC)NCCOc1cccc(NC(C)=O)c1.I. The molecule has 0 fully saturated rings. The third kappa shape index (κ3) is 9.33. The molecule has 0 aliphatic heterocycles. The van der Waals surface area contributed by atoms with Crippen molar-refractivity contribution in [3.8, 4) is 17.2 Å². The number of nitrogens with one attached hydrogen (secondary N) is 3. The first-order chi connectivity index (χ1) is 14.5. The lowest BCUT2D eigenvalue weighted by Gasteiger charge is -2.13. The number of carbonyl (C=O) groups is 1. The number of benzene rings is 2. The van der Waals surface area contributed by atoms with Gasteiger partial charge in [-0.1, -0.05) is 6.07 Å². The second-order valence-electron chi connectivity index (χ2n) is 6.36. The molecule has 0 bridgehead atoms. The minimum atomic E-state index is -0.117. The van der Waals surface area contributed by atoms with E-state index in [1.54, 1.807) is 20.3 Å². The Hall–Kier alpha value is -2.69. The van der Waals surface area contributed by atoms with Gasteiger partial charge in [-0.25, -0.2) is 4.99 Å². The topological polar surface area (TPSA) is 93.2 Å². The van der Waals surface area contributed by atoms with Crippen LogP contribution < -0.4 is 30.2 Å². The molecule has 2 aromatic rings. The molecule has 31 heavy (non-hydrogen) atoms. The minimum absolute atomic E-state index is 0. The van der Waals surface area contributed by atoms with Crippen LogP contribution in [0.15, 0.2) is 47.5 Å². The molecule has 0 aliphatic rings. The maximum Gasteiger partial charge on any atom is 0.221 e. The van der Waals surface area contributed by atoms with Crippen molar-refractivity contribution in [2.75, 3.05) is 39.2 Å².